The van der Waals surface area contributed by atoms with Crippen LogP contribution in [0.4, 0.5) is 5.69 Å². The fraction of sp³-hybridized carbons (Fsp3) is 0.316. The number of sulfonamides is 1. The number of rotatable bonds is 7. The molecule has 152 valence electrons. The summed E-state index contributed by atoms with van der Waals surface area (Å²) in [5, 5.41) is 3.15. The number of nitrogens with one attached hydrogen (secondary N) is 1. The summed E-state index contributed by atoms with van der Waals surface area (Å²) in [6, 6.07) is 11.9. The monoisotopic (exact) mass is 460 g/mol. The molecule has 28 heavy (non-hydrogen) atoms. The first-order chi connectivity index (χ1) is 13.0. The number of halogens is 2. The van der Waals surface area contributed by atoms with E-state index in [1.54, 1.807) is 13.0 Å². The van der Waals surface area contributed by atoms with E-state index in [0.29, 0.717) is 10.7 Å². The highest BCUT2D eigenvalue weighted by Gasteiger charge is 2.23. The highest BCUT2D eigenvalue weighted by molar-refractivity contribution is 8.00. The van der Waals surface area contributed by atoms with Gasteiger partial charge < -0.3 is 5.32 Å². The minimum absolute atomic E-state index is 0.0179. The molecule has 0 fully saturated rings. The molecule has 2 aromatic carbocycles. The molecule has 0 aliphatic heterocycles. The zero-order valence-electron chi connectivity index (χ0n) is 15.9. The summed E-state index contributed by atoms with van der Waals surface area (Å²) in [6.07, 6.45) is 0. The summed E-state index contributed by atoms with van der Waals surface area (Å²) in [5.41, 5.74) is 1.33. The Balaban J connectivity index is 2.13. The number of nitrogens with zero attached hydrogens (tertiary/aromatic N) is 1. The van der Waals surface area contributed by atoms with Gasteiger partial charge in [0.25, 0.3) is 0 Å². The second-order valence-electron chi connectivity index (χ2n) is 6.36. The Morgan fingerprint density at radius 1 is 1.07 bits per heavy atom. The van der Waals surface area contributed by atoms with Gasteiger partial charge in [-0.25, -0.2) is 12.7 Å². The van der Waals surface area contributed by atoms with Gasteiger partial charge in [-0.2, -0.15) is 0 Å². The molecule has 2 atom stereocenters. The van der Waals surface area contributed by atoms with Gasteiger partial charge in [0.2, 0.25) is 15.9 Å². The van der Waals surface area contributed by atoms with Crippen molar-refractivity contribution in [1.82, 2.24) is 4.31 Å². The van der Waals surface area contributed by atoms with E-state index < -0.39 is 10.0 Å². The summed E-state index contributed by atoms with van der Waals surface area (Å²) in [4.78, 5) is 12.5. The van der Waals surface area contributed by atoms with Gasteiger partial charge in [0.05, 0.1) is 10.3 Å². The third-order valence-corrected chi connectivity index (χ3v) is 8.00. The molecule has 0 heterocycles. The first-order valence-corrected chi connectivity index (χ1v) is 11.6. The Hall–Kier alpha value is -1.25. The van der Waals surface area contributed by atoms with Crippen molar-refractivity contribution in [3.05, 3.63) is 58.1 Å². The molecule has 1 N–H and O–H groups in total. The van der Waals surface area contributed by atoms with Crippen molar-refractivity contribution in [3.63, 3.8) is 0 Å². The van der Waals surface area contributed by atoms with Crippen molar-refractivity contribution in [2.75, 3.05) is 19.4 Å². The predicted molar refractivity (Wildman–Crippen MR) is 118 cm³/mol. The lowest BCUT2D eigenvalue weighted by atomic mass is 10.2. The van der Waals surface area contributed by atoms with E-state index in [0.717, 1.165) is 9.87 Å². The smallest absolute Gasteiger partial charge is 0.244 e. The molecule has 0 bridgehead atoms. The fourth-order valence-electron chi connectivity index (χ4n) is 2.47. The Morgan fingerprint density at radius 3 is 2.32 bits per heavy atom. The van der Waals surface area contributed by atoms with E-state index in [-0.39, 0.29) is 26.3 Å². The van der Waals surface area contributed by atoms with Crippen LogP contribution in [0.15, 0.2) is 47.4 Å². The highest BCUT2D eigenvalue weighted by Crippen LogP contribution is 2.36. The zero-order chi connectivity index (χ0) is 21.1. The third kappa shape index (κ3) is 5.42. The molecule has 5 nitrogen and oxygen atoms in total. The van der Waals surface area contributed by atoms with Crippen molar-refractivity contribution in [3.8, 4) is 0 Å². The van der Waals surface area contributed by atoms with Crippen LogP contribution in [-0.4, -0.2) is 38.0 Å². The molecule has 0 saturated heterocycles. The van der Waals surface area contributed by atoms with Gasteiger partial charge in [0.15, 0.2) is 0 Å². The molecule has 2 unspecified atom stereocenters. The van der Waals surface area contributed by atoms with Crippen molar-refractivity contribution in [1.29, 1.82) is 0 Å². The first-order valence-electron chi connectivity index (χ1n) is 8.47. The number of carbonyl (C=O) groups is 1. The largest absolute Gasteiger partial charge is 0.325 e. The Labute approximate surface area is 180 Å². The predicted octanol–water partition coefficient (Wildman–Crippen LogP) is 5.07. The topological polar surface area (TPSA) is 66.5 Å². The summed E-state index contributed by atoms with van der Waals surface area (Å²) in [5.74, 6) is -0.237. The molecule has 0 aliphatic carbocycles. The third-order valence-electron chi connectivity index (χ3n) is 4.08. The van der Waals surface area contributed by atoms with Crippen molar-refractivity contribution < 1.29 is 13.2 Å². The molecule has 0 aromatic heterocycles. The molecular formula is C19H22Cl2N2O3S2. The fourth-order valence-corrected chi connectivity index (χ4v) is 5.37. The van der Waals surface area contributed by atoms with Crippen molar-refractivity contribution in [2.24, 2.45) is 0 Å². The maximum absolute atomic E-state index is 12.6. The minimum atomic E-state index is -3.72. The van der Waals surface area contributed by atoms with E-state index >= 15 is 0 Å². The van der Waals surface area contributed by atoms with E-state index in [4.69, 9.17) is 23.2 Å². The lowest BCUT2D eigenvalue weighted by Gasteiger charge is -2.19. The van der Waals surface area contributed by atoms with Gasteiger partial charge in [0, 0.05) is 30.1 Å². The van der Waals surface area contributed by atoms with Crippen LogP contribution in [0, 0.1) is 0 Å². The molecule has 0 spiro atoms. The molecule has 1 amide bonds. The lowest BCUT2D eigenvalue weighted by molar-refractivity contribution is -0.115. The van der Waals surface area contributed by atoms with Gasteiger partial charge in [-0.15, -0.1) is 11.8 Å². The number of amides is 1. The molecule has 2 rings (SSSR count). The Kier molecular flexibility index (Phi) is 7.81. The van der Waals surface area contributed by atoms with Gasteiger partial charge in [-0.1, -0.05) is 41.4 Å². The molecule has 2 aromatic rings. The summed E-state index contributed by atoms with van der Waals surface area (Å²) in [7, 11) is -0.871. The van der Waals surface area contributed by atoms with Crippen LogP contribution >= 0.6 is 35.0 Å². The van der Waals surface area contributed by atoms with E-state index in [9.17, 15) is 13.2 Å². The summed E-state index contributed by atoms with van der Waals surface area (Å²) < 4.78 is 25.8. The second-order valence-corrected chi connectivity index (χ2v) is 11.0. The van der Waals surface area contributed by atoms with E-state index in [2.05, 4.69) is 5.32 Å². The van der Waals surface area contributed by atoms with Crippen LogP contribution < -0.4 is 5.32 Å². The molecule has 0 radical (unpaired) electrons. The maximum atomic E-state index is 12.6. The van der Waals surface area contributed by atoms with Gasteiger partial charge in [-0.05, 0) is 43.7 Å². The number of anilines is 1. The average molecular weight is 461 g/mol. The van der Waals surface area contributed by atoms with Crippen molar-refractivity contribution >= 4 is 56.6 Å². The minimum Gasteiger partial charge on any atom is -0.325 e. The molecule has 0 aliphatic rings. The van der Waals surface area contributed by atoms with Crippen LogP contribution in [-0.2, 0) is 14.8 Å². The quantitative estimate of drug-likeness (QED) is 0.626. The van der Waals surface area contributed by atoms with Crippen molar-refractivity contribution in [2.45, 2.75) is 29.2 Å². The standard InChI is InChI=1S/C19H22Cl2N2O3S2/c1-12(15-7-5-6-8-16(15)20)27-13(2)19(24)22-14-9-10-17(21)18(11-14)28(25,26)23(3)4/h5-13H,1-4H3,(H,22,24). The van der Waals surface area contributed by atoms with E-state index in [1.165, 1.54) is 38.0 Å². The number of benzene rings is 2. The van der Waals surface area contributed by atoms with Crippen LogP contribution in [0.25, 0.3) is 0 Å². The van der Waals surface area contributed by atoms with Gasteiger partial charge in [0.1, 0.15) is 4.90 Å². The Morgan fingerprint density at radius 2 is 1.71 bits per heavy atom. The normalized spacial score (nSPS) is 14.0. The summed E-state index contributed by atoms with van der Waals surface area (Å²) in [6.45, 7) is 3.78. The van der Waals surface area contributed by atoms with Gasteiger partial charge in [-0.3, -0.25) is 4.79 Å². The van der Waals surface area contributed by atoms with Crippen LogP contribution in [0.1, 0.15) is 24.7 Å². The number of hydrogen-bond acceptors (Lipinski definition) is 4. The van der Waals surface area contributed by atoms with E-state index in [1.807, 2.05) is 31.2 Å². The lowest BCUT2D eigenvalue weighted by Crippen LogP contribution is -2.24. The zero-order valence-corrected chi connectivity index (χ0v) is 19.1. The summed E-state index contributed by atoms with van der Waals surface area (Å²) >= 11 is 13.7. The number of hydrogen-bond donors (Lipinski definition) is 1. The molecular weight excluding hydrogens is 439 g/mol. The first kappa shape index (κ1) is 23.0. The Bertz CT molecular complexity index is 965. The number of thioether (sulfide) groups is 1. The number of carbonyl (C=O) groups excluding carboxylic acids is 1. The highest BCUT2D eigenvalue weighted by atomic mass is 35.5. The van der Waals surface area contributed by atoms with Crippen LogP contribution in [0.2, 0.25) is 10.0 Å². The molecule has 9 heteroatoms. The van der Waals surface area contributed by atoms with Gasteiger partial charge >= 0.3 is 0 Å². The SMILES string of the molecule is CC(SC(C)c1ccccc1Cl)C(=O)Nc1ccc(Cl)c(S(=O)(=O)N(C)C)c1. The van der Waals surface area contributed by atoms with Crippen LogP contribution in [0.5, 0.6) is 0 Å². The maximum Gasteiger partial charge on any atom is 0.244 e. The molecule has 0 saturated carbocycles. The average Bonchev–Trinajstić information content (AvgIpc) is 2.63. The second kappa shape index (κ2) is 9.50. The van der Waals surface area contributed by atoms with Crippen LogP contribution in [0.3, 0.4) is 0 Å².